The number of ether oxygens (including phenoxy) is 1. The lowest BCUT2D eigenvalue weighted by atomic mass is 10.1. The third-order valence-corrected chi connectivity index (χ3v) is 4.64. The summed E-state index contributed by atoms with van der Waals surface area (Å²) in [7, 11) is 0. The molecule has 7 heteroatoms. The Morgan fingerprint density at radius 1 is 1.42 bits per heavy atom. The van der Waals surface area contributed by atoms with Crippen LogP contribution in [-0.2, 0) is 4.74 Å². The van der Waals surface area contributed by atoms with Gasteiger partial charge < -0.3 is 15.0 Å². The molecule has 0 spiro atoms. The lowest BCUT2D eigenvalue weighted by Gasteiger charge is -2.33. The molecule has 136 valence electrons. The average Bonchev–Trinajstić information content (AvgIpc) is 2.99. The summed E-state index contributed by atoms with van der Waals surface area (Å²) in [6, 6.07) is 0.352. The highest BCUT2D eigenvalue weighted by molar-refractivity contribution is 7.98. The largest absolute Gasteiger partial charge is 0.444 e. The van der Waals surface area contributed by atoms with Gasteiger partial charge in [0.1, 0.15) is 5.60 Å². The Labute approximate surface area is 149 Å². The number of carbonyl (C=O) groups excluding carboxylic acids is 1. The van der Waals surface area contributed by atoms with Gasteiger partial charge in [0.15, 0.2) is 0 Å². The first kappa shape index (κ1) is 19.0. The van der Waals surface area contributed by atoms with Crippen LogP contribution in [0.4, 0.5) is 10.5 Å². The number of piperidine rings is 1. The quantitative estimate of drug-likeness (QED) is 0.791. The number of thioether (sulfide) groups is 1. The smallest absolute Gasteiger partial charge is 0.410 e. The zero-order valence-corrected chi connectivity index (χ0v) is 16.1. The maximum absolute atomic E-state index is 12.1. The second-order valence-corrected chi connectivity index (χ2v) is 8.17. The van der Waals surface area contributed by atoms with E-state index < -0.39 is 5.60 Å². The number of likely N-dealkylation sites (tertiary alicyclic amines) is 1. The molecular weight excluding hydrogens is 324 g/mol. The minimum Gasteiger partial charge on any atom is -0.444 e. The molecule has 1 saturated heterocycles. The first-order chi connectivity index (χ1) is 11.4. The third kappa shape index (κ3) is 5.92. The van der Waals surface area contributed by atoms with Gasteiger partial charge in [-0.05, 0) is 52.0 Å². The highest BCUT2D eigenvalue weighted by Gasteiger charge is 2.27. The van der Waals surface area contributed by atoms with E-state index in [0.717, 1.165) is 44.6 Å². The molecule has 0 unspecified atom stereocenters. The summed E-state index contributed by atoms with van der Waals surface area (Å²) in [5, 5.41) is 7.89. The van der Waals surface area contributed by atoms with Crippen molar-refractivity contribution in [3.63, 3.8) is 0 Å². The summed E-state index contributed by atoms with van der Waals surface area (Å²) < 4.78 is 7.47. The minimum absolute atomic E-state index is 0.211. The SMILES string of the molecule is CSCCCNc1cnn(C2CCN(C(=O)OC(C)(C)C)CC2)c1. The van der Waals surface area contributed by atoms with E-state index in [1.54, 1.807) is 4.90 Å². The highest BCUT2D eigenvalue weighted by Crippen LogP contribution is 2.24. The van der Waals surface area contributed by atoms with E-state index in [9.17, 15) is 4.79 Å². The standard InChI is InChI=1S/C17H30N4O2S/c1-17(2,3)23-16(22)20-9-6-15(7-10-20)21-13-14(12-19-21)18-8-5-11-24-4/h12-13,15,18H,5-11H2,1-4H3. The van der Waals surface area contributed by atoms with Crippen molar-refractivity contribution in [3.05, 3.63) is 12.4 Å². The van der Waals surface area contributed by atoms with E-state index in [1.165, 1.54) is 5.75 Å². The number of amides is 1. The molecule has 0 bridgehead atoms. The van der Waals surface area contributed by atoms with Gasteiger partial charge in [0.25, 0.3) is 0 Å². The zero-order valence-electron chi connectivity index (χ0n) is 15.2. The summed E-state index contributed by atoms with van der Waals surface area (Å²) in [6.45, 7) is 8.11. The number of rotatable bonds is 6. The van der Waals surface area contributed by atoms with Crippen LogP contribution < -0.4 is 5.32 Å². The van der Waals surface area contributed by atoms with Crippen LogP contribution in [0, 0.1) is 0 Å². The van der Waals surface area contributed by atoms with Crippen LogP contribution in [0.1, 0.15) is 46.1 Å². The van der Waals surface area contributed by atoms with Gasteiger partial charge in [-0.1, -0.05) is 0 Å². The molecule has 2 rings (SSSR count). The first-order valence-corrected chi connectivity index (χ1v) is 10.0. The van der Waals surface area contributed by atoms with Gasteiger partial charge in [-0.2, -0.15) is 16.9 Å². The first-order valence-electron chi connectivity index (χ1n) is 8.64. The van der Waals surface area contributed by atoms with E-state index in [2.05, 4.69) is 22.9 Å². The van der Waals surface area contributed by atoms with Gasteiger partial charge in [0.2, 0.25) is 0 Å². The highest BCUT2D eigenvalue weighted by atomic mass is 32.2. The number of carbonyl (C=O) groups is 1. The number of hydrogen-bond donors (Lipinski definition) is 1. The van der Waals surface area contributed by atoms with Crippen LogP contribution in [0.2, 0.25) is 0 Å². The maximum atomic E-state index is 12.1. The molecule has 0 aliphatic carbocycles. The number of aromatic nitrogens is 2. The summed E-state index contributed by atoms with van der Waals surface area (Å²) >= 11 is 1.87. The van der Waals surface area contributed by atoms with Crippen molar-refractivity contribution in [2.24, 2.45) is 0 Å². The minimum atomic E-state index is -0.438. The van der Waals surface area contributed by atoms with Crippen molar-refractivity contribution in [1.29, 1.82) is 0 Å². The third-order valence-electron chi connectivity index (χ3n) is 3.95. The van der Waals surface area contributed by atoms with Gasteiger partial charge in [0.05, 0.1) is 17.9 Å². The van der Waals surface area contributed by atoms with Crippen LogP contribution >= 0.6 is 11.8 Å². The fourth-order valence-electron chi connectivity index (χ4n) is 2.72. The van der Waals surface area contributed by atoms with Gasteiger partial charge in [0, 0.05) is 25.8 Å². The number of anilines is 1. The van der Waals surface area contributed by atoms with Crippen LogP contribution in [0.15, 0.2) is 12.4 Å². The Hall–Kier alpha value is -1.37. The number of nitrogens with one attached hydrogen (secondary N) is 1. The molecule has 6 nitrogen and oxygen atoms in total. The second-order valence-electron chi connectivity index (χ2n) is 7.18. The van der Waals surface area contributed by atoms with Crippen molar-refractivity contribution < 1.29 is 9.53 Å². The van der Waals surface area contributed by atoms with E-state index >= 15 is 0 Å². The monoisotopic (exact) mass is 354 g/mol. The molecule has 2 heterocycles. The van der Waals surface area contributed by atoms with Crippen LogP contribution in [-0.4, -0.2) is 58.0 Å². The van der Waals surface area contributed by atoms with Gasteiger partial charge in [-0.3, -0.25) is 4.68 Å². The topological polar surface area (TPSA) is 59.4 Å². The predicted molar refractivity (Wildman–Crippen MR) is 99.8 cm³/mol. The van der Waals surface area contributed by atoms with Crippen molar-refractivity contribution in [2.45, 2.75) is 51.7 Å². The molecule has 1 aliphatic rings. The summed E-state index contributed by atoms with van der Waals surface area (Å²) in [5.74, 6) is 1.17. The summed E-state index contributed by atoms with van der Waals surface area (Å²) in [6.07, 6.45) is 8.85. The Morgan fingerprint density at radius 3 is 2.75 bits per heavy atom. The normalized spacial score (nSPS) is 16.2. The Kier molecular flexibility index (Phi) is 6.83. The van der Waals surface area contributed by atoms with E-state index in [-0.39, 0.29) is 6.09 Å². The van der Waals surface area contributed by atoms with Crippen molar-refractivity contribution >= 4 is 23.5 Å². The lowest BCUT2D eigenvalue weighted by molar-refractivity contribution is 0.0185. The van der Waals surface area contributed by atoms with E-state index in [4.69, 9.17) is 4.74 Å². The van der Waals surface area contributed by atoms with Crippen molar-refractivity contribution in [2.75, 3.05) is 37.0 Å². The molecule has 0 atom stereocenters. The molecule has 1 amide bonds. The Bertz CT molecular complexity index is 519. The molecule has 0 saturated carbocycles. The zero-order chi connectivity index (χ0) is 17.6. The molecule has 1 fully saturated rings. The number of hydrogen-bond acceptors (Lipinski definition) is 5. The molecule has 1 N–H and O–H groups in total. The molecule has 1 aromatic rings. The van der Waals surface area contributed by atoms with E-state index in [1.807, 2.05) is 43.4 Å². The van der Waals surface area contributed by atoms with Crippen LogP contribution in [0.3, 0.4) is 0 Å². The fourth-order valence-corrected chi connectivity index (χ4v) is 3.15. The predicted octanol–water partition coefficient (Wildman–Crippen LogP) is 3.62. The van der Waals surface area contributed by atoms with Crippen LogP contribution in [0.25, 0.3) is 0 Å². The lowest BCUT2D eigenvalue weighted by Crippen LogP contribution is -2.42. The van der Waals surface area contributed by atoms with Crippen molar-refractivity contribution in [1.82, 2.24) is 14.7 Å². The molecule has 1 aromatic heterocycles. The Balaban J connectivity index is 1.78. The van der Waals surface area contributed by atoms with Gasteiger partial charge in [-0.15, -0.1) is 0 Å². The molecule has 0 radical (unpaired) electrons. The van der Waals surface area contributed by atoms with Crippen LogP contribution in [0.5, 0.6) is 0 Å². The number of nitrogens with zero attached hydrogens (tertiary/aromatic N) is 3. The maximum Gasteiger partial charge on any atom is 0.410 e. The molecule has 1 aliphatic heterocycles. The average molecular weight is 355 g/mol. The fraction of sp³-hybridized carbons (Fsp3) is 0.765. The molecule has 24 heavy (non-hydrogen) atoms. The molecule has 0 aromatic carbocycles. The van der Waals surface area contributed by atoms with Gasteiger partial charge >= 0.3 is 6.09 Å². The molecular formula is C17H30N4O2S. The van der Waals surface area contributed by atoms with Gasteiger partial charge in [-0.25, -0.2) is 4.79 Å². The second kappa shape index (κ2) is 8.65. The summed E-state index contributed by atoms with van der Waals surface area (Å²) in [5.41, 5.74) is 0.637. The van der Waals surface area contributed by atoms with E-state index in [0.29, 0.717) is 6.04 Å². The summed E-state index contributed by atoms with van der Waals surface area (Å²) in [4.78, 5) is 13.9. The Morgan fingerprint density at radius 2 is 2.12 bits per heavy atom. The van der Waals surface area contributed by atoms with Crippen molar-refractivity contribution in [3.8, 4) is 0 Å².